The summed E-state index contributed by atoms with van der Waals surface area (Å²) in [6.45, 7) is 3.66. The first-order valence-electron chi connectivity index (χ1n) is 9.73. The van der Waals surface area contributed by atoms with Crippen molar-refractivity contribution in [1.82, 2.24) is 14.3 Å². The van der Waals surface area contributed by atoms with Crippen molar-refractivity contribution < 1.29 is 64.6 Å². The third kappa shape index (κ3) is 5.51. The standard InChI is InChI=1S/C23H21ClN4O3S.K/c1-15-4-7-19(8-5-15)32(30,31)26-22(29)11-9-20-16(2)25-27(3)23(20)28-13-12-17-14-18(24)6-10-21(17)28;/h4-14H,1-3H3,(H,26,29);/q;+1/p-1/b11-9+;. The van der Waals surface area contributed by atoms with Crippen LogP contribution in [0.2, 0.25) is 5.02 Å². The number of amides is 1. The zero-order valence-corrected chi connectivity index (χ0v) is 23.3. The second-order valence-corrected chi connectivity index (χ2v) is 9.43. The third-order valence-corrected chi connectivity index (χ3v) is 6.56. The second kappa shape index (κ2) is 10.3. The van der Waals surface area contributed by atoms with Gasteiger partial charge >= 0.3 is 51.4 Å². The quantitative estimate of drug-likeness (QED) is 0.306. The summed E-state index contributed by atoms with van der Waals surface area (Å²) < 4.78 is 31.9. The monoisotopic (exact) mass is 506 g/mol. The molecule has 0 radical (unpaired) electrons. The van der Waals surface area contributed by atoms with Gasteiger partial charge in [-0.1, -0.05) is 29.3 Å². The van der Waals surface area contributed by atoms with Crippen LogP contribution in [0.3, 0.4) is 0 Å². The number of aryl methyl sites for hydroxylation is 3. The summed E-state index contributed by atoms with van der Waals surface area (Å²) >= 11 is 6.09. The van der Waals surface area contributed by atoms with E-state index in [1.165, 1.54) is 18.2 Å². The summed E-state index contributed by atoms with van der Waals surface area (Å²) in [6, 6.07) is 13.7. The van der Waals surface area contributed by atoms with Gasteiger partial charge in [-0.15, -0.1) is 0 Å². The fraction of sp³-hybridized carbons (Fsp3) is 0.130. The molecule has 0 spiro atoms. The maximum absolute atomic E-state index is 12.4. The van der Waals surface area contributed by atoms with Crippen LogP contribution in [0.15, 0.2) is 65.7 Å². The topological polar surface area (TPSA) is 88.1 Å². The summed E-state index contributed by atoms with van der Waals surface area (Å²) in [6.07, 6.45) is 4.57. The minimum atomic E-state index is -4.09. The SMILES string of the molecule is Cc1ccc(S(=O)(=O)[N-]C(=O)/C=C/c2c(C)nn(C)c2-n2ccc3cc(Cl)ccc32)cc1.[K+]. The number of sulfonamides is 1. The Balaban J connectivity index is 0.00000306. The van der Waals surface area contributed by atoms with E-state index in [0.29, 0.717) is 16.3 Å². The van der Waals surface area contributed by atoms with Crippen molar-refractivity contribution in [2.45, 2.75) is 18.7 Å². The molecule has 4 aromatic rings. The molecule has 0 aliphatic heterocycles. The van der Waals surface area contributed by atoms with Crippen molar-refractivity contribution in [3.8, 4) is 5.82 Å². The largest absolute Gasteiger partial charge is 1.00 e. The molecule has 2 aromatic heterocycles. The molecule has 33 heavy (non-hydrogen) atoms. The Morgan fingerprint density at radius 2 is 1.79 bits per heavy atom. The molecule has 0 atom stereocenters. The Bertz CT molecular complexity index is 1470. The first kappa shape index (κ1) is 25.9. The van der Waals surface area contributed by atoms with Gasteiger partial charge in [0.25, 0.3) is 0 Å². The summed E-state index contributed by atoms with van der Waals surface area (Å²) in [4.78, 5) is 12.3. The van der Waals surface area contributed by atoms with Crippen molar-refractivity contribution in [1.29, 1.82) is 0 Å². The zero-order valence-electron chi connectivity index (χ0n) is 18.7. The molecule has 0 saturated carbocycles. The molecule has 4 rings (SSSR count). The van der Waals surface area contributed by atoms with Gasteiger partial charge in [0.2, 0.25) is 0 Å². The Kier molecular flexibility index (Phi) is 8.05. The maximum Gasteiger partial charge on any atom is 1.00 e. The van der Waals surface area contributed by atoms with Gasteiger partial charge in [0.05, 0.1) is 22.0 Å². The molecular weight excluding hydrogens is 487 g/mol. The number of aromatic nitrogens is 3. The first-order chi connectivity index (χ1) is 15.2. The molecular formula is C23H20ClKN4O3S. The Morgan fingerprint density at radius 1 is 1.09 bits per heavy atom. The van der Waals surface area contributed by atoms with E-state index < -0.39 is 15.9 Å². The number of benzene rings is 2. The van der Waals surface area contributed by atoms with E-state index >= 15 is 0 Å². The summed E-state index contributed by atoms with van der Waals surface area (Å²) in [5, 5.41) is 6.06. The Morgan fingerprint density at radius 3 is 2.48 bits per heavy atom. The molecule has 0 bridgehead atoms. The van der Waals surface area contributed by atoms with Gasteiger partial charge in [-0.3, -0.25) is 4.68 Å². The van der Waals surface area contributed by atoms with Crippen LogP contribution >= 0.6 is 11.6 Å². The summed E-state index contributed by atoms with van der Waals surface area (Å²) in [5.41, 5.74) is 3.19. The van der Waals surface area contributed by atoms with Crippen molar-refractivity contribution in [3.05, 3.63) is 87.4 Å². The molecule has 1 amide bonds. The zero-order chi connectivity index (χ0) is 23.0. The van der Waals surface area contributed by atoms with Crippen LogP contribution in [-0.4, -0.2) is 28.7 Å². The van der Waals surface area contributed by atoms with Gasteiger partial charge in [0.1, 0.15) is 15.8 Å². The van der Waals surface area contributed by atoms with Crippen LogP contribution < -0.4 is 51.4 Å². The van der Waals surface area contributed by atoms with Gasteiger partial charge in [-0.2, -0.15) is 5.10 Å². The summed E-state index contributed by atoms with van der Waals surface area (Å²) in [7, 11) is -2.29. The molecule has 0 aliphatic rings. The molecule has 10 heteroatoms. The normalized spacial score (nSPS) is 11.6. The number of halogens is 1. The number of rotatable bonds is 5. The van der Waals surface area contributed by atoms with Crippen LogP contribution in [0.4, 0.5) is 0 Å². The fourth-order valence-electron chi connectivity index (χ4n) is 3.51. The molecule has 0 fully saturated rings. The van der Waals surface area contributed by atoms with Crippen LogP contribution in [0.1, 0.15) is 16.8 Å². The number of fused-ring (bicyclic) bond motifs is 1. The number of carbonyl (C=O) groups excluding carboxylic acids is 1. The second-order valence-electron chi connectivity index (χ2n) is 7.39. The van der Waals surface area contributed by atoms with Gasteiger partial charge in [-0.25, -0.2) is 8.42 Å². The van der Waals surface area contributed by atoms with E-state index in [1.807, 2.05) is 42.8 Å². The molecule has 0 saturated heterocycles. The van der Waals surface area contributed by atoms with Crippen LogP contribution in [-0.2, 0) is 21.9 Å². The first-order valence-corrected chi connectivity index (χ1v) is 11.5. The van der Waals surface area contributed by atoms with Gasteiger partial charge in [-0.05, 0) is 62.4 Å². The van der Waals surface area contributed by atoms with Crippen molar-refractivity contribution in [2.24, 2.45) is 7.05 Å². The van der Waals surface area contributed by atoms with Gasteiger partial charge in [0.15, 0.2) is 0 Å². The predicted molar refractivity (Wildman–Crippen MR) is 126 cm³/mol. The molecule has 2 aromatic carbocycles. The third-order valence-electron chi connectivity index (χ3n) is 5.04. The fourth-order valence-corrected chi connectivity index (χ4v) is 4.57. The van der Waals surface area contributed by atoms with Crippen LogP contribution in [0.5, 0.6) is 0 Å². The van der Waals surface area contributed by atoms with E-state index in [-0.39, 0.29) is 56.3 Å². The van der Waals surface area contributed by atoms with E-state index in [4.69, 9.17) is 11.6 Å². The van der Waals surface area contributed by atoms with E-state index in [1.54, 1.807) is 29.9 Å². The smallest absolute Gasteiger partial charge is 0.538 e. The number of hydrogen-bond acceptors (Lipinski definition) is 4. The molecule has 0 unspecified atom stereocenters. The van der Waals surface area contributed by atoms with Gasteiger partial charge < -0.3 is 14.1 Å². The number of hydrogen-bond donors (Lipinski definition) is 0. The predicted octanol–water partition coefficient (Wildman–Crippen LogP) is 1.94. The Hall–Kier alpha value is -1.72. The minimum Gasteiger partial charge on any atom is -0.538 e. The molecule has 7 nitrogen and oxygen atoms in total. The maximum atomic E-state index is 12.4. The van der Waals surface area contributed by atoms with Gasteiger partial charge in [0, 0.05) is 29.2 Å². The average molecular weight is 507 g/mol. The number of carbonyl (C=O) groups is 1. The van der Waals surface area contributed by atoms with Crippen molar-refractivity contribution in [3.63, 3.8) is 0 Å². The van der Waals surface area contributed by atoms with E-state index in [0.717, 1.165) is 28.4 Å². The van der Waals surface area contributed by atoms with Crippen molar-refractivity contribution in [2.75, 3.05) is 0 Å². The van der Waals surface area contributed by atoms with E-state index in [2.05, 4.69) is 9.82 Å². The molecule has 2 heterocycles. The van der Waals surface area contributed by atoms with Crippen LogP contribution in [0.25, 0.3) is 27.5 Å². The van der Waals surface area contributed by atoms with Crippen LogP contribution in [0, 0.1) is 13.8 Å². The number of nitrogens with zero attached hydrogens (tertiary/aromatic N) is 4. The van der Waals surface area contributed by atoms with E-state index in [9.17, 15) is 13.2 Å². The molecule has 0 aliphatic carbocycles. The average Bonchev–Trinajstić information content (AvgIpc) is 3.25. The van der Waals surface area contributed by atoms with Crippen molar-refractivity contribution >= 4 is 44.5 Å². The minimum absolute atomic E-state index is 0. The molecule has 0 N–H and O–H groups in total. The Labute approximate surface area is 239 Å². The summed E-state index contributed by atoms with van der Waals surface area (Å²) in [5.74, 6) is -0.144. The molecule has 164 valence electrons.